The number of thiazole rings is 1. The van der Waals surface area contributed by atoms with E-state index in [1.54, 1.807) is 16.2 Å². The van der Waals surface area contributed by atoms with Crippen molar-refractivity contribution >= 4 is 23.3 Å². The third-order valence-corrected chi connectivity index (χ3v) is 5.40. The molecule has 0 saturated carbocycles. The zero-order chi connectivity index (χ0) is 15.0. The van der Waals surface area contributed by atoms with Crippen LogP contribution in [0, 0.1) is 12.8 Å². The van der Waals surface area contributed by atoms with Gasteiger partial charge in [-0.15, -0.1) is 11.3 Å². The molecule has 2 N–H and O–H groups in total. The minimum Gasteiger partial charge on any atom is -0.481 e. The smallest absolute Gasteiger partial charge is 0.317 e. The van der Waals surface area contributed by atoms with E-state index < -0.39 is 11.9 Å². The molecule has 2 saturated heterocycles. The fourth-order valence-corrected chi connectivity index (χ4v) is 4.23. The van der Waals surface area contributed by atoms with Gasteiger partial charge in [-0.1, -0.05) is 0 Å². The zero-order valence-electron chi connectivity index (χ0n) is 11.9. The second-order valence-electron chi connectivity index (χ2n) is 5.75. The zero-order valence-corrected chi connectivity index (χ0v) is 12.7. The number of carbonyl (C=O) groups is 2. The average Bonchev–Trinajstić information content (AvgIpc) is 3.12. The van der Waals surface area contributed by atoms with E-state index in [-0.39, 0.29) is 18.1 Å². The summed E-state index contributed by atoms with van der Waals surface area (Å²) in [6.07, 6.45) is 3.04. The number of urea groups is 1. The van der Waals surface area contributed by atoms with Crippen molar-refractivity contribution in [2.45, 2.75) is 44.7 Å². The van der Waals surface area contributed by atoms with Gasteiger partial charge in [0, 0.05) is 36.1 Å². The number of hydrogen-bond acceptors (Lipinski definition) is 4. The Balaban J connectivity index is 1.53. The van der Waals surface area contributed by atoms with Crippen LogP contribution in [0.3, 0.4) is 0 Å². The second kappa shape index (κ2) is 5.63. The van der Waals surface area contributed by atoms with Crippen LogP contribution in [0.2, 0.25) is 0 Å². The first kappa shape index (κ1) is 14.3. The lowest BCUT2D eigenvalue weighted by Crippen LogP contribution is -2.44. The van der Waals surface area contributed by atoms with E-state index >= 15 is 0 Å². The number of nitrogens with zero attached hydrogens (tertiary/aromatic N) is 2. The van der Waals surface area contributed by atoms with E-state index in [4.69, 9.17) is 0 Å². The number of carboxylic acids is 1. The van der Waals surface area contributed by atoms with Gasteiger partial charge in [0.05, 0.1) is 10.9 Å². The number of aromatic nitrogens is 1. The largest absolute Gasteiger partial charge is 0.481 e. The van der Waals surface area contributed by atoms with Crippen LogP contribution in [0.25, 0.3) is 0 Å². The molecule has 3 unspecified atom stereocenters. The van der Waals surface area contributed by atoms with Crippen LogP contribution in [0.15, 0.2) is 5.38 Å². The van der Waals surface area contributed by atoms with Crippen molar-refractivity contribution < 1.29 is 14.7 Å². The van der Waals surface area contributed by atoms with E-state index in [2.05, 4.69) is 10.3 Å². The van der Waals surface area contributed by atoms with Crippen LogP contribution in [-0.2, 0) is 11.2 Å². The van der Waals surface area contributed by atoms with Crippen molar-refractivity contribution in [2.75, 3.05) is 6.54 Å². The summed E-state index contributed by atoms with van der Waals surface area (Å²) in [6, 6.07) is -0.160. The molecule has 7 heteroatoms. The molecule has 2 aliphatic rings. The number of carbonyl (C=O) groups excluding carboxylic acids is 1. The van der Waals surface area contributed by atoms with Gasteiger partial charge in [-0.25, -0.2) is 9.78 Å². The van der Waals surface area contributed by atoms with Crippen LogP contribution < -0.4 is 5.32 Å². The predicted molar refractivity (Wildman–Crippen MR) is 78.3 cm³/mol. The number of aryl methyl sites for hydroxylation is 1. The molecular formula is C14H19N3O3S. The Morgan fingerprint density at radius 3 is 2.95 bits per heavy atom. The number of hydrogen-bond donors (Lipinski definition) is 2. The van der Waals surface area contributed by atoms with Gasteiger partial charge in [-0.2, -0.15) is 0 Å². The predicted octanol–water partition coefficient (Wildman–Crippen LogP) is 1.64. The Morgan fingerprint density at radius 1 is 1.52 bits per heavy atom. The highest BCUT2D eigenvalue weighted by atomic mass is 32.1. The monoisotopic (exact) mass is 309 g/mol. The molecule has 3 atom stereocenters. The molecule has 3 rings (SSSR count). The van der Waals surface area contributed by atoms with Gasteiger partial charge in [0.15, 0.2) is 0 Å². The molecule has 0 aliphatic carbocycles. The third kappa shape index (κ3) is 2.74. The van der Waals surface area contributed by atoms with Crippen molar-refractivity contribution in [3.05, 3.63) is 16.1 Å². The molecule has 2 bridgehead atoms. The summed E-state index contributed by atoms with van der Waals surface area (Å²) in [4.78, 5) is 29.6. The summed E-state index contributed by atoms with van der Waals surface area (Å²) >= 11 is 1.60. The SMILES string of the molecule is Cc1csc(CCNC(=O)N2C3CCC2C(C(=O)O)C3)n1. The van der Waals surface area contributed by atoms with Gasteiger partial charge in [-0.05, 0) is 26.2 Å². The topological polar surface area (TPSA) is 82.5 Å². The van der Waals surface area contributed by atoms with Crippen molar-refractivity contribution in [3.8, 4) is 0 Å². The molecule has 6 nitrogen and oxygen atoms in total. The Hall–Kier alpha value is -1.63. The Labute approximate surface area is 127 Å². The molecule has 2 amide bonds. The maximum atomic E-state index is 12.3. The van der Waals surface area contributed by atoms with Crippen LogP contribution in [0.1, 0.15) is 30.0 Å². The fraction of sp³-hybridized carbons (Fsp3) is 0.643. The summed E-state index contributed by atoms with van der Waals surface area (Å²) in [7, 11) is 0. The lowest BCUT2D eigenvalue weighted by Gasteiger charge is -2.23. The summed E-state index contributed by atoms with van der Waals surface area (Å²) < 4.78 is 0. The van der Waals surface area contributed by atoms with Gasteiger partial charge < -0.3 is 15.3 Å². The summed E-state index contributed by atoms with van der Waals surface area (Å²) in [5, 5.41) is 15.1. The first-order valence-corrected chi connectivity index (χ1v) is 8.14. The molecule has 2 aliphatic heterocycles. The minimum atomic E-state index is -0.779. The lowest BCUT2D eigenvalue weighted by atomic mass is 9.89. The van der Waals surface area contributed by atoms with Crippen LogP contribution in [-0.4, -0.2) is 45.6 Å². The number of aliphatic carboxylic acids is 1. The van der Waals surface area contributed by atoms with Crippen LogP contribution in [0.5, 0.6) is 0 Å². The van der Waals surface area contributed by atoms with Crippen molar-refractivity contribution in [2.24, 2.45) is 5.92 Å². The number of nitrogens with one attached hydrogen (secondary N) is 1. The van der Waals surface area contributed by atoms with E-state index in [1.807, 2.05) is 12.3 Å². The molecule has 21 heavy (non-hydrogen) atoms. The average molecular weight is 309 g/mol. The summed E-state index contributed by atoms with van der Waals surface area (Å²) in [5.41, 5.74) is 1.00. The quantitative estimate of drug-likeness (QED) is 0.886. The standard InChI is InChI=1S/C14H19N3O3S/c1-8-7-21-12(16-8)4-5-15-14(20)17-9-2-3-11(17)10(6-9)13(18)19/h7,9-11H,2-6H2,1H3,(H,15,20)(H,18,19). The Bertz CT molecular complexity index is 559. The first-order chi connectivity index (χ1) is 10.1. The highest BCUT2D eigenvalue weighted by Gasteiger charge is 2.51. The van der Waals surface area contributed by atoms with E-state index in [0.29, 0.717) is 13.0 Å². The third-order valence-electron chi connectivity index (χ3n) is 4.37. The van der Waals surface area contributed by atoms with Crippen LogP contribution >= 0.6 is 11.3 Å². The normalized spacial score (nSPS) is 27.1. The van der Waals surface area contributed by atoms with Crippen molar-refractivity contribution in [1.29, 1.82) is 0 Å². The molecular weight excluding hydrogens is 290 g/mol. The Morgan fingerprint density at radius 2 is 2.33 bits per heavy atom. The van der Waals surface area contributed by atoms with Gasteiger partial charge >= 0.3 is 12.0 Å². The highest BCUT2D eigenvalue weighted by Crippen LogP contribution is 2.41. The second-order valence-corrected chi connectivity index (χ2v) is 6.69. The maximum Gasteiger partial charge on any atom is 0.317 e. The lowest BCUT2D eigenvalue weighted by molar-refractivity contribution is -0.142. The number of rotatable bonds is 4. The maximum absolute atomic E-state index is 12.3. The number of carboxylic acid groups (broad SMARTS) is 1. The van der Waals surface area contributed by atoms with E-state index in [1.165, 1.54) is 0 Å². The fourth-order valence-electron chi connectivity index (χ4n) is 3.46. The Kier molecular flexibility index (Phi) is 3.84. The van der Waals surface area contributed by atoms with Gasteiger partial charge in [0.2, 0.25) is 0 Å². The molecule has 0 radical (unpaired) electrons. The summed E-state index contributed by atoms with van der Waals surface area (Å²) in [6.45, 7) is 2.49. The molecule has 0 spiro atoms. The van der Waals surface area contributed by atoms with Crippen molar-refractivity contribution in [3.63, 3.8) is 0 Å². The molecule has 3 heterocycles. The first-order valence-electron chi connectivity index (χ1n) is 7.26. The highest BCUT2D eigenvalue weighted by molar-refractivity contribution is 7.09. The van der Waals surface area contributed by atoms with E-state index in [0.717, 1.165) is 30.0 Å². The molecule has 2 fully saturated rings. The molecule has 1 aromatic heterocycles. The number of fused-ring (bicyclic) bond motifs is 2. The summed E-state index contributed by atoms with van der Waals surface area (Å²) in [5.74, 6) is -1.17. The molecule has 114 valence electrons. The van der Waals surface area contributed by atoms with Gasteiger partial charge in [0.1, 0.15) is 0 Å². The number of amides is 2. The van der Waals surface area contributed by atoms with Gasteiger partial charge in [-0.3, -0.25) is 4.79 Å². The van der Waals surface area contributed by atoms with Crippen molar-refractivity contribution in [1.82, 2.24) is 15.2 Å². The molecule has 1 aromatic rings. The van der Waals surface area contributed by atoms with E-state index in [9.17, 15) is 14.7 Å². The molecule has 0 aromatic carbocycles. The minimum absolute atomic E-state index is 0.0956. The van der Waals surface area contributed by atoms with Gasteiger partial charge in [0.25, 0.3) is 0 Å². The van der Waals surface area contributed by atoms with Crippen LogP contribution in [0.4, 0.5) is 4.79 Å².